The second kappa shape index (κ2) is 6.24. The highest BCUT2D eigenvalue weighted by molar-refractivity contribution is 7.87. The number of carbonyl (C=O) groups excluding carboxylic acids is 1. The second-order valence-electron chi connectivity index (χ2n) is 2.85. The Hall–Kier alpha value is -1.40. The van der Waals surface area contributed by atoms with E-state index >= 15 is 0 Å². The predicted molar refractivity (Wildman–Crippen MR) is 68.6 cm³/mol. The maximum absolute atomic E-state index is 11.5. The van der Waals surface area contributed by atoms with E-state index < -0.39 is 17.0 Å². The van der Waals surface area contributed by atoms with Crippen molar-refractivity contribution in [3.8, 4) is 0 Å². The van der Waals surface area contributed by atoms with Gasteiger partial charge in [-0.15, -0.1) is 0 Å². The fraction of sp³-hybridized carbons (Fsp3) is 0.100. The van der Waals surface area contributed by atoms with Gasteiger partial charge in [-0.1, -0.05) is 12.7 Å². The number of nitrogens with one attached hydrogen (secondary N) is 2. The highest BCUT2D eigenvalue weighted by atomic mass is 32.2. The molecular formula is C10H12N2O2S2. The molecule has 0 aromatic carbocycles. The van der Waals surface area contributed by atoms with Gasteiger partial charge in [0.05, 0.1) is 5.69 Å². The maximum Gasteiger partial charge on any atom is 0.331 e. The molecule has 1 heterocycles. The lowest BCUT2D eigenvalue weighted by Crippen LogP contribution is -2.30. The minimum Gasteiger partial charge on any atom is -0.306 e. The molecule has 1 unspecified atom stereocenters. The molecule has 0 saturated heterocycles. The van der Waals surface area contributed by atoms with Gasteiger partial charge < -0.3 is 5.32 Å². The number of thiophene rings is 1. The first-order valence-corrected chi connectivity index (χ1v) is 6.53. The average molecular weight is 256 g/mol. The molecule has 0 radical (unpaired) electrons. The van der Waals surface area contributed by atoms with Crippen LogP contribution in [0.5, 0.6) is 0 Å². The topological polar surface area (TPSA) is 58.2 Å². The lowest BCUT2D eigenvalue weighted by Gasteiger charge is -2.05. The number of hydrogen-bond acceptors (Lipinski definition) is 3. The van der Waals surface area contributed by atoms with Gasteiger partial charge in [0, 0.05) is 10.3 Å². The Kier molecular flexibility index (Phi) is 4.94. The van der Waals surface area contributed by atoms with Crippen LogP contribution in [0.4, 0.5) is 10.5 Å². The van der Waals surface area contributed by atoms with Crippen LogP contribution in [0.25, 0.3) is 0 Å². The number of hydrogen-bond donors (Lipinski definition) is 2. The van der Waals surface area contributed by atoms with E-state index in [1.54, 1.807) is 24.4 Å². The number of rotatable bonds is 4. The highest BCUT2D eigenvalue weighted by Gasteiger charge is 2.07. The number of anilines is 1. The van der Waals surface area contributed by atoms with Crippen LogP contribution in [0.3, 0.4) is 0 Å². The van der Waals surface area contributed by atoms with E-state index in [2.05, 4.69) is 16.6 Å². The van der Waals surface area contributed by atoms with Gasteiger partial charge in [0.15, 0.2) is 0 Å². The molecule has 0 bridgehead atoms. The van der Waals surface area contributed by atoms with Crippen LogP contribution in [0.15, 0.2) is 40.5 Å². The van der Waals surface area contributed by atoms with Gasteiger partial charge in [-0.05, 0) is 24.4 Å². The number of allylic oxidation sites excluding steroid dienone is 3. The molecule has 86 valence electrons. The van der Waals surface area contributed by atoms with E-state index in [1.807, 2.05) is 5.38 Å². The van der Waals surface area contributed by atoms with E-state index in [0.29, 0.717) is 10.6 Å². The quantitative estimate of drug-likeness (QED) is 0.814. The summed E-state index contributed by atoms with van der Waals surface area (Å²) in [4.78, 5) is 11.9. The van der Waals surface area contributed by atoms with Gasteiger partial charge in [-0.25, -0.2) is 9.00 Å². The molecule has 0 aliphatic carbocycles. The molecule has 4 nitrogen and oxygen atoms in total. The molecule has 1 aromatic rings. The van der Waals surface area contributed by atoms with Crippen molar-refractivity contribution in [1.29, 1.82) is 0 Å². The van der Waals surface area contributed by atoms with E-state index in [-0.39, 0.29) is 0 Å². The van der Waals surface area contributed by atoms with Crippen molar-refractivity contribution in [3.05, 3.63) is 40.5 Å². The zero-order chi connectivity index (χ0) is 12.0. The van der Waals surface area contributed by atoms with E-state index in [0.717, 1.165) is 0 Å². The molecule has 2 amide bonds. The minimum absolute atomic E-state index is 0.492. The second-order valence-corrected chi connectivity index (χ2v) is 5.02. The highest BCUT2D eigenvalue weighted by Crippen LogP contribution is 2.11. The van der Waals surface area contributed by atoms with Gasteiger partial charge in [0.25, 0.3) is 0 Å². The Morgan fingerprint density at radius 1 is 1.62 bits per heavy atom. The molecule has 6 heteroatoms. The summed E-state index contributed by atoms with van der Waals surface area (Å²) in [6.45, 7) is 5.14. The van der Waals surface area contributed by atoms with Crippen LogP contribution in [0.2, 0.25) is 0 Å². The molecular weight excluding hydrogens is 244 g/mol. The monoisotopic (exact) mass is 256 g/mol. The predicted octanol–water partition coefficient (Wildman–Crippen LogP) is 2.62. The Bertz CT molecular complexity index is 424. The minimum atomic E-state index is -1.53. The summed E-state index contributed by atoms with van der Waals surface area (Å²) >= 11 is 1.47. The summed E-state index contributed by atoms with van der Waals surface area (Å²) in [5.74, 6) is 0. The smallest absolute Gasteiger partial charge is 0.306 e. The molecule has 16 heavy (non-hydrogen) atoms. The van der Waals surface area contributed by atoms with E-state index in [4.69, 9.17) is 0 Å². The molecule has 1 rings (SSSR count). The van der Waals surface area contributed by atoms with Crippen LogP contribution in [0.1, 0.15) is 6.92 Å². The van der Waals surface area contributed by atoms with Gasteiger partial charge in [-0.2, -0.15) is 11.3 Å². The molecule has 2 N–H and O–H groups in total. The van der Waals surface area contributed by atoms with Crippen LogP contribution >= 0.6 is 11.3 Å². The average Bonchev–Trinajstić information content (AvgIpc) is 2.70. The summed E-state index contributed by atoms with van der Waals surface area (Å²) in [5.41, 5.74) is 0.685. The molecule has 0 saturated carbocycles. The molecule has 0 aliphatic rings. The van der Waals surface area contributed by atoms with Crippen LogP contribution in [-0.2, 0) is 11.0 Å². The van der Waals surface area contributed by atoms with Gasteiger partial charge in [-0.3, -0.25) is 4.72 Å². The summed E-state index contributed by atoms with van der Waals surface area (Å²) in [6, 6.07) is 1.27. The van der Waals surface area contributed by atoms with Crippen molar-refractivity contribution >= 4 is 34.0 Å². The first-order chi connectivity index (χ1) is 7.63. The summed E-state index contributed by atoms with van der Waals surface area (Å²) < 4.78 is 13.8. The van der Waals surface area contributed by atoms with E-state index in [9.17, 15) is 9.00 Å². The SMILES string of the molecule is C=C/C=C(\C)S(=O)NC(=O)Nc1ccsc1. The lowest BCUT2D eigenvalue weighted by atomic mass is 10.5. The van der Waals surface area contributed by atoms with Crippen molar-refractivity contribution in [2.24, 2.45) is 0 Å². The third kappa shape index (κ3) is 4.00. The normalized spacial score (nSPS) is 12.9. The van der Waals surface area contributed by atoms with Crippen LogP contribution in [0, 0.1) is 0 Å². The third-order valence-electron chi connectivity index (χ3n) is 1.61. The molecule has 1 aromatic heterocycles. The Morgan fingerprint density at radius 3 is 2.94 bits per heavy atom. The van der Waals surface area contributed by atoms with Gasteiger partial charge in [0.1, 0.15) is 11.0 Å². The zero-order valence-electron chi connectivity index (χ0n) is 8.73. The Balaban J connectivity index is 2.49. The molecule has 0 spiro atoms. The van der Waals surface area contributed by atoms with E-state index in [1.165, 1.54) is 17.4 Å². The van der Waals surface area contributed by atoms with Crippen molar-refractivity contribution in [3.63, 3.8) is 0 Å². The molecule has 0 fully saturated rings. The van der Waals surface area contributed by atoms with Gasteiger partial charge >= 0.3 is 6.03 Å². The van der Waals surface area contributed by atoms with Crippen LogP contribution in [-0.4, -0.2) is 10.2 Å². The fourth-order valence-electron chi connectivity index (χ4n) is 0.885. The third-order valence-corrected chi connectivity index (χ3v) is 3.38. The van der Waals surface area contributed by atoms with Crippen molar-refractivity contribution in [1.82, 2.24) is 4.72 Å². The largest absolute Gasteiger partial charge is 0.331 e. The first-order valence-electron chi connectivity index (χ1n) is 4.44. The summed E-state index contributed by atoms with van der Waals surface area (Å²) in [7, 11) is -1.53. The summed E-state index contributed by atoms with van der Waals surface area (Å²) in [6.07, 6.45) is 3.10. The van der Waals surface area contributed by atoms with Crippen molar-refractivity contribution in [2.45, 2.75) is 6.92 Å². The fourth-order valence-corrected chi connectivity index (χ4v) is 2.07. The summed E-state index contributed by atoms with van der Waals surface area (Å²) in [5, 5.41) is 6.19. The van der Waals surface area contributed by atoms with Crippen molar-refractivity contribution < 1.29 is 9.00 Å². The van der Waals surface area contributed by atoms with Crippen LogP contribution < -0.4 is 10.0 Å². The zero-order valence-corrected chi connectivity index (χ0v) is 10.4. The molecule has 1 atom stereocenters. The first kappa shape index (κ1) is 12.7. The number of urea groups is 1. The van der Waals surface area contributed by atoms with Crippen molar-refractivity contribution in [2.75, 3.05) is 5.32 Å². The van der Waals surface area contributed by atoms with Gasteiger partial charge in [0.2, 0.25) is 0 Å². The standard InChI is InChI=1S/C10H12N2O2S2/c1-3-4-8(2)16(14)12-10(13)11-9-5-6-15-7-9/h3-7H,1H2,2H3,(H2,11,12,13)/b8-4+. The molecule has 0 aliphatic heterocycles. The lowest BCUT2D eigenvalue weighted by molar-refractivity contribution is 0.257. The number of carbonyl (C=O) groups is 1. The number of amides is 2. The maximum atomic E-state index is 11.5. The Labute approximate surface area is 101 Å². The Morgan fingerprint density at radius 2 is 2.38 bits per heavy atom.